The minimum absolute atomic E-state index is 0.154. The smallest absolute Gasteiger partial charge is 0.235 e. The molecule has 1 amide bonds. The van der Waals surface area contributed by atoms with E-state index in [1.807, 2.05) is 71.4 Å². The van der Waals surface area contributed by atoms with Gasteiger partial charge in [0.05, 0.1) is 23.0 Å². The molecule has 0 radical (unpaired) electrons. The maximum atomic E-state index is 12.5. The number of hydrogen-bond acceptors (Lipinski definition) is 5. The zero-order valence-electron chi connectivity index (χ0n) is 17.6. The van der Waals surface area contributed by atoms with Crippen LogP contribution in [0.3, 0.4) is 0 Å². The summed E-state index contributed by atoms with van der Waals surface area (Å²) in [4.78, 5) is 16.6. The molecule has 0 unspecified atom stereocenters. The van der Waals surface area contributed by atoms with E-state index in [2.05, 4.69) is 15.4 Å². The molecule has 164 valence electrons. The van der Waals surface area contributed by atoms with Gasteiger partial charge in [0.25, 0.3) is 0 Å². The first-order chi connectivity index (χ1) is 16.2. The van der Waals surface area contributed by atoms with Gasteiger partial charge in [0.1, 0.15) is 5.82 Å². The predicted octanol–water partition coefficient (Wildman–Crippen LogP) is 4.71. The molecule has 0 saturated heterocycles. The highest BCUT2D eigenvalue weighted by Gasteiger charge is 2.18. The first-order valence-electron chi connectivity index (χ1n) is 10.4. The fraction of sp³-hybridized carbons (Fsp3) is 0.0800. The minimum atomic E-state index is -0.154. The molecule has 33 heavy (non-hydrogen) atoms. The molecule has 7 nitrogen and oxygen atoms in total. The van der Waals surface area contributed by atoms with Crippen molar-refractivity contribution in [1.82, 2.24) is 19.3 Å². The third-order valence-corrected chi connectivity index (χ3v) is 6.34. The van der Waals surface area contributed by atoms with Gasteiger partial charge in [-0.25, -0.2) is 9.67 Å². The van der Waals surface area contributed by atoms with Gasteiger partial charge in [0.15, 0.2) is 5.88 Å². The number of aromatic hydroxyl groups is 1. The van der Waals surface area contributed by atoms with E-state index >= 15 is 0 Å². The Bertz CT molecular complexity index is 1380. The summed E-state index contributed by atoms with van der Waals surface area (Å²) in [6, 6.07) is 23.0. The van der Waals surface area contributed by atoms with Crippen molar-refractivity contribution in [2.75, 3.05) is 11.1 Å². The van der Waals surface area contributed by atoms with Crippen molar-refractivity contribution in [2.24, 2.45) is 0 Å². The van der Waals surface area contributed by atoms with Gasteiger partial charge in [0.2, 0.25) is 5.91 Å². The van der Waals surface area contributed by atoms with E-state index in [1.165, 1.54) is 11.8 Å². The normalized spacial score (nSPS) is 11.0. The maximum absolute atomic E-state index is 12.5. The summed E-state index contributed by atoms with van der Waals surface area (Å²) < 4.78 is 3.65. The van der Waals surface area contributed by atoms with Crippen molar-refractivity contribution in [3.8, 4) is 11.6 Å². The molecule has 0 fully saturated rings. The van der Waals surface area contributed by atoms with Crippen molar-refractivity contribution in [2.45, 2.75) is 11.6 Å². The number of pyridine rings is 1. The second kappa shape index (κ2) is 9.22. The summed E-state index contributed by atoms with van der Waals surface area (Å²) in [7, 11) is 0. The topological polar surface area (TPSA) is 85.0 Å². The molecule has 8 heteroatoms. The molecule has 0 saturated carbocycles. The van der Waals surface area contributed by atoms with Crippen molar-refractivity contribution < 1.29 is 9.90 Å². The fourth-order valence-electron chi connectivity index (χ4n) is 3.66. The molecule has 0 atom stereocenters. The van der Waals surface area contributed by atoms with Gasteiger partial charge in [-0.1, -0.05) is 48.2 Å². The number of carbonyl (C=O) groups is 1. The zero-order chi connectivity index (χ0) is 22.6. The first kappa shape index (κ1) is 20.8. The van der Waals surface area contributed by atoms with Crippen LogP contribution in [0.1, 0.15) is 5.56 Å². The van der Waals surface area contributed by atoms with Crippen molar-refractivity contribution in [3.05, 3.63) is 97.0 Å². The quantitative estimate of drug-likeness (QED) is 0.347. The van der Waals surface area contributed by atoms with E-state index in [9.17, 15) is 9.90 Å². The maximum Gasteiger partial charge on any atom is 0.235 e. The molecule has 5 rings (SSSR count). The number of hydrogen-bond donors (Lipinski definition) is 2. The third kappa shape index (κ3) is 4.47. The Kier molecular flexibility index (Phi) is 5.82. The molecule has 2 aromatic carbocycles. The molecular formula is C25H21N5O2S. The Labute approximate surface area is 194 Å². The number of amides is 1. The Hall–Kier alpha value is -4.04. The summed E-state index contributed by atoms with van der Waals surface area (Å²) >= 11 is 1.39. The number of fused-ring (bicyclic) bond motifs is 1. The van der Waals surface area contributed by atoms with Gasteiger partial charge < -0.3 is 15.0 Å². The van der Waals surface area contributed by atoms with Crippen molar-refractivity contribution in [3.63, 3.8) is 0 Å². The number of benzene rings is 2. The Morgan fingerprint density at radius 1 is 0.939 bits per heavy atom. The van der Waals surface area contributed by atoms with Crippen molar-refractivity contribution >= 4 is 34.3 Å². The molecule has 0 aliphatic carbocycles. The van der Waals surface area contributed by atoms with Crippen LogP contribution in [0.15, 0.2) is 96.4 Å². The number of nitrogens with zero attached hydrogens (tertiary/aromatic N) is 4. The largest absolute Gasteiger partial charge is 0.494 e. The van der Waals surface area contributed by atoms with Crippen LogP contribution in [0.25, 0.3) is 16.5 Å². The number of nitrogens with one attached hydrogen (secondary N) is 1. The van der Waals surface area contributed by atoms with Crippen LogP contribution in [-0.4, -0.2) is 36.1 Å². The van der Waals surface area contributed by atoms with Gasteiger partial charge in [-0.2, -0.15) is 5.10 Å². The van der Waals surface area contributed by atoms with E-state index in [0.29, 0.717) is 12.4 Å². The van der Waals surface area contributed by atoms with Crippen LogP contribution >= 0.6 is 11.8 Å². The van der Waals surface area contributed by atoms with Crippen LogP contribution < -0.4 is 5.32 Å². The number of anilines is 1. The zero-order valence-corrected chi connectivity index (χ0v) is 18.4. The van der Waals surface area contributed by atoms with E-state index in [1.54, 1.807) is 29.2 Å². The SMILES string of the molecule is O=C(CSc1c2ccccc2c(O)n1Cc1ccc(-n2cccn2)cc1)Nc1ccccn1. The Morgan fingerprint density at radius 2 is 1.73 bits per heavy atom. The fourth-order valence-corrected chi connectivity index (χ4v) is 4.64. The lowest BCUT2D eigenvalue weighted by Gasteiger charge is -2.12. The molecule has 0 aliphatic rings. The Balaban J connectivity index is 1.39. The second-order valence-electron chi connectivity index (χ2n) is 7.43. The average molecular weight is 456 g/mol. The highest BCUT2D eigenvalue weighted by Crippen LogP contribution is 2.38. The summed E-state index contributed by atoms with van der Waals surface area (Å²) in [5.41, 5.74) is 1.99. The molecule has 3 heterocycles. The van der Waals surface area contributed by atoms with Crippen LogP contribution in [-0.2, 0) is 11.3 Å². The summed E-state index contributed by atoms with van der Waals surface area (Å²) in [5.74, 6) is 0.749. The van der Waals surface area contributed by atoms with Gasteiger partial charge in [-0.05, 0) is 42.0 Å². The molecule has 5 aromatic rings. The molecule has 0 spiro atoms. The standard InChI is InChI=1S/C25H21N5O2S/c31-23(28-22-8-3-4-13-26-22)17-33-25-21-7-2-1-6-20(21)24(32)29(25)16-18-9-11-19(12-10-18)30-15-5-14-27-30/h1-15,32H,16-17H2,(H,26,28,31). The molecule has 3 aromatic heterocycles. The third-order valence-electron chi connectivity index (χ3n) is 5.22. The van der Waals surface area contributed by atoms with E-state index in [4.69, 9.17) is 0 Å². The second-order valence-corrected chi connectivity index (χ2v) is 8.39. The predicted molar refractivity (Wildman–Crippen MR) is 130 cm³/mol. The van der Waals surface area contributed by atoms with Crippen molar-refractivity contribution in [1.29, 1.82) is 0 Å². The van der Waals surface area contributed by atoms with Gasteiger partial charge in [-0.3, -0.25) is 4.79 Å². The van der Waals surface area contributed by atoms with E-state index in [0.717, 1.165) is 27.0 Å². The average Bonchev–Trinajstić information content (AvgIpc) is 3.47. The van der Waals surface area contributed by atoms with Crippen LogP contribution in [0.5, 0.6) is 5.88 Å². The van der Waals surface area contributed by atoms with Gasteiger partial charge >= 0.3 is 0 Å². The van der Waals surface area contributed by atoms with Crippen LogP contribution in [0, 0.1) is 0 Å². The highest BCUT2D eigenvalue weighted by atomic mass is 32.2. The molecular weight excluding hydrogens is 434 g/mol. The minimum Gasteiger partial charge on any atom is -0.494 e. The summed E-state index contributed by atoms with van der Waals surface area (Å²) in [6.07, 6.45) is 5.27. The summed E-state index contributed by atoms with van der Waals surface area (Å²) in [5, 5.41) is 20.5. The number of rotatable bonds is 7. The first-order valence-corrected chi connectivity index (χ1v) is 11.4. The lowest BCUT2D eigenvalue weighted by molar-refractivity contribution is -0.113. The van der Waals surface area contributed by atoms with E-state index in [-0.39, 0.29) is 17.5 Å². The van der Waals surface area contributed by atoms with Gasteiger partial charge in [-0.15, -0.1) is 0 Å². The van der Waals surface area contributed by atoms with Gasteiger partial charge in [0, 0.05) is 29.4 Å². The lowest BCUT2D eigenvalue weighted by atomic mass is 10.2. The summed E-state index contributed by atoms with van der Waals surface area (Å²) in [6.45, 7) is 0.476. The van der Waals surface area contributed by atoms with Crippen LogP contribution in [0.4, 0.5) is 5.82 Å². The number of carbonyl (C=O) groups excluding carboxylic acids is 1. The van der Waals surface area contributed by atoms with Crippen LogP contribution in [0.2, 0.25) is 0 Å². The highest BCUT2D eigenvalue weighted by molar-refractivity contribution is 8.00. The molecule has 0 aliphatic heterocycles. The number of aromatic nitrogens is 4. The molecule has 0 bridgehead atoms. The van der Waals surface area contributed by atoms with E-state index < -0.39 is 0 Å². The molecule has 2 N–H and O–H groups in total. The Morgan fingerprint density at radius 3 is 2.45 bits per heavy atom. The monoisotopic (exact) mass is 455 g/mol. The number of thioether (sulfide) groups is 1. The lowest BCUT2D eigenvalue weighted by Crippen LogP contribution is -2.15.